The molecule has 0 aromatic heterocycles. The second kappa shape index (κ2) is 9.37. The lowest BCUT2D eigenvalue weighted by molar-refractivity contribution is -0.877. The van der Waals surface area contributed by atoms with E-state index >= 15 is 0 Å². The Bertz CT molecular complexity index is 389. The summed E-state index contributed by atoms with van der Waals surface area (Å²) in [4.78, 5) is 13.1. The first-order chi connectivity index (χ1) is 9.65. The molecule has 4 heteroatoms. The number of nitrogens with one attached hydrogen (secondary N) is 1. The summed E-state index contributed by atoms with van der Waals surface area (Å²) in [6, 6.07) is 7.77. The van der Waals surface area contributed by atoms with Crippen LogP contribution in [-0.4, -0.2) is 39.8 Å². The average molecular weight is 280 g/mol. The van der Waals surface area contributed by atoms with Gasteiger partial charge in [0.15, 0.2) is 0 Å². The molecular weight excluding hydrogens is 254 g/mol. The minimum Gasteiger partial charge on any atom is -0.497 e. The molecule has 0 amide bonds. The minimum absolute atomic E-state index is 0.116. The number of methoxy groups -OCH3 is 1. The lowest BCUT2D eigenvalue weighted by atomic mass is 10.1. The van der Waals surface area contributed by atoms with Crippen LogP contribution in [0, 0.1) is 0 Å². The first-order valence-corrected chi connectivity index (χ1v) is 7.25. The number of esters is 1. The average Bonchev–Trinajstić information content (AvgIpc) is 2.49. The maximum absolute atomic E-state index is 11.6. The highest BCUT2D eigenvalue weighted by molar-refractivity contribution is 5.69. The maximum Gasteiger partial charge on any atom is 0.306 e. The third-order valence-electron chi connectivity index (χ3n) is 3.39. The Balaban J connectivity index is 2.16. The fraction of sp³-hybridized carbons (Fsp3) is 0.562. The molecule has 0 aliphatic carbocycles. The molecule has 0 aliphatic heterocycles. The van der Waals surface area contributed by atoms with Crippen molar-refractivity contribution < 1.29 is 19.2 Å². The Kier molecular flexibility index (Phi) is 7.73. The third kappa shape index (κ3) is 6.57. The first kappa shape index (κ1) is 16.5. The molecule has 0 fully saturated rings. The highest BCUT2D eigenvalue weighted by Gasteiger charge is 2.05. The second-order valence-electron chi connectivity index (χ2n) is 4.98. The van der Waals surface area contributed by atoms with Crippen molar-refractivity contribution in [2.45, 2.75) is 26.2 Å². The summed E-state index contributed by atoms with van der Waals surface area (Å²) >= 11 is 0. The first-order valence-electron chi connectivity index (χ1n) is 7.25. The molecule has 20 heavy (non-hydrogen) atoms. The molecule has 1 atom stereocenters. The van der Waals surface area contributed by atoms with Gasteiger partial charge in [0.05, 0.1) is 33.9 Å². The van der Waals surface area contributed by atoms with Gasteiger partial charge in [-0.15, -0.1) is 0 Å². The molecule has 0 radical (unpaired) electrons. The van der Waals surface area contributed by atoms with Crippen LogP contribution in [0.2, 0.25) is 0 Å². The van der Waals surface area contributed by atoms with E-state index in [0.717, 1.165) is 30.8 Å². The van der Waals surface area contributed by atoms with Crippen LogP contribution in [-0.2, 0) is 16.0 Å². The molecule has 0 spiro atoms. The zero-order valence-electron chi connectivity index (χ0n) is 12.8. The smallest absolute Gasteiger partial charge is 0.306 e. The quantitative estimate of drug-likeness (QED) is 0.544. The van der Waals surface area contributed by atoms with Gasteiger partial charge in [-0.1, -0.05) is 12.1 Å². The molecule has 1 aromatic carbocycles. The van der Waals surface area contributed by atoms with Crippen molar-refractivity contribution in [3.63, 3.8) is 0 Å². The molecule has 0 heterocycles. The number of hydrogen-bond acceptors (Lipinski definition) is 3. The van der Waals surface area contributed by atoms with Crippen LogP contribution in [0.4, 0.5) is 0 Å². The Morgan fingerprint density at radius 1 is 1.25 bits per heavy atom. The van der Waals surface area contributed by atoms with E-state index < -0.39 is 0 Å². The van der Waals surface area contributed by atoms with E-state index in [1.807, 2.05) is 24.3 Å². The van der Waals surface area contributed by atoms with Gasteiger partial charge < -0.3 is 14.4 Å². The molecule has 1 aromatic rings. The topological polar surface area (TPSA) is 40.0 Å². The monoisotopic (exact) mass is 280 g/mol. The van der Waals surface area contributed by atoms with Gasteiger partial charge in [0.25, 0.3) is 0 Å². The zero-order chi connectivity index (χ0) is 14.8. The number of hydrogen-bond donors (Lipinski definition) is 1. The number of aryl methyl sites for hydroxylation is 1. The van der Waals surface area contributed by atoms with Crippen LogP contribution >= 0.6 is 0 Å². The van der Waals surface area contributed by atoms with Gasteiger partial charge in [-0.05, 0) is 31.0 Å². The van der Waals surface area contributed by atoms with Crippen molar-refractivity contribution in [3.05, 3.63) is 29.8 Å². The lowest BCUT2D eigenvalue weighted by Crippen LogP contribution is -3.08. The highest BCUT2D eigenvalue weighted by Crippen LogP contribution is 2.12. The summed E-state index contributed by atoms with van der Waals surface area (Å²) in [6.45, 7) is 4.82. The predicted octanol–water partition coefficient (Wildman–Crippen LogP) is 1.10. The van der Waals surface area contributed by atoms with Crippen molar-refractivity contribution >= 4 is 5.97 Å². The maximum atomic E-state index is 11.6. The van der Waals surface area contributed by atoms with Crippen molar-refractivity contribution in [1.29, 1.82) is 0 Å². The summed E-state index contributed by atoms with van der Waals surface area (Å²) in [5.41, 5.74) is 1.12. The Labute approximate surface area is 121 Å². The SMILES string of the molecule is CC[NH+](C)CCCOC(=O)CCc1ccc(OC)cc1. The van der Waals surface area contributed by atoms with Gasteiger partial charge in [-0.2, -0.15) is 0 Å². The molecule has 1 rings (SSSR count). The largest absolute Gasteiger partial charge is 0.497 e. The van der Waals surface area contributed by atoms with E-state index in [-0.39, 0.29) is 5.97 Å². The van der Waals surface area contributed by atoms with E-state index in [1.165, 1.54) is 4.90 Å². The van der Waals surface area contributed by atoms with Crippen LogP contribution in [0.25, 0.3) is 0 Å². The predicted molar refractivity (Wildman–Crippen MR) is 79.2 cm³/mol. The normalized spacial score (nSPS) is 11.9. The fourth-order valence-corrected chi connectivity index (χ4v) is 1.85. The minimum atomic E-state index is -0.116. The molecule has 1 unspecified atom stereocenters. The number of quaternary nitrogens is 1. The van der Waals surface area contributed by atoms with Crippen LogP contribution in [0.1, 0.15) is 25.3 Å². The van der Waals surface area contributed by atoms with E-state index in [2.05, 4.69) is 14.0 Å². The van der Waals surface area contributed by atoms with Crippen molar-refractivity contribution in [2.24, 2.45) is 0 Å². The van der Waals surface area contributed by atoms with E-state index in [9.17, 15) is 4.79 Å². The number of benzene rings is 1. The van der Waals surface area contributed by atoms with E-state index in [1.54, 1.807) is 7.11 Å². The lowest BCUT2D eigenvalue weighted by Gasteiger charge is -2.11. The number of carbonyl (C=O) groups excluding carboxylic acids is 1. The number of rotatable bonds is 9. The molecule has 4 nitrogen and oxygen atoms in total. The van der Waals surface area contributed by atoms with Gasteiger partial charge in [-0.3, -0.25) is 4.79 Å². The number of carbonyl (C=O) groups is 1. The van der Waals surface area contributed by atoms with Gasteiger partial charge in [-0.25, -0.2) is 0 Å². The van der Waals surface area contributed by atoms with Gasteiger partial charge in [0.2, 0.25) is 0 Å². The third-order valence-corrected chi connectivity index (χ3v) is 3.39. The molecule has 0 saturated heterocycles. The summed E-state index contributed by atoms with van der Waals surface area (Å²) in [5.74, 6) is 0.717. The van der Waals surface area contributed by atoms with Crippen molar-refractivity contribution in [1.82, 2.24) is 0 Å². The van der Waals surface area contributed by atoms with Crippen molar-refractivity contribution in [3.8, 4) is 5.75 Å². The van der Waals surface area contributed by atoms with Crippen molar-refractivity contribution in [2.75, 3.05) is 33.9 Å². The summed E-state index contributed by atoms with van der Waals surface area (Å²) in [5, 5.41) is 0. The van der Waals surface area contributed by atoms with Gasteiger partial charge >= 0.3 is 5.97 Å². The summed E-state index contributed by atoms with van der Waals surface area (Å²) in [6.07, 6.45) is 2.07. The Morgan fingerprint density at radius 2 is 1.95 bits per heavy atom. The summed E-state index contributed by atoms with van der Waals surface area (Å²) in [7, 11) is 3.79. The van der Waals surface area contributed by atoms with E-state index in [0.29, 0.717) is 19.4 Å². The standard InChI is InChI=1S/C16H25NO3/c1-4-17(2)12-5-13-20-16(18)11-8-14-6-9-15(19-3)10-7-14/h6-7,9-10H,4-5,8,11-13H2,1-3H3/p+1. The zero-order valence-corrected chi connectivity index (χ0v) is 12.8. The molecule has 0 bridgehead atoms. The molecule has 0 aliphatic rings. The molecular formula is C16H26NO3+. The Hall–Kier alpha value is -1.55. The van der Waals surface area contributed by atoms with Crippen LogP contribution in [0.3, 0.4) is 0 Å². The van der Waals surface area contributed by atoms with Crippen LogP contribution in [0.15, 0.2) is 24.3 Å². The highest BCUT2D eigenvalue weighted by atomic mass is 16.5. The second-order valence-corrected chi connectivity index (χ2v) is 4.98. The van der Waals surface area contributed by atoms with Crippen LogP contribution < -0.4 is 9.64 Å². The molecule has 0 saturated carbocycles. The summed E-state index contributed by atoms with van der Waals surface area (Å²) < 4.78 is 10.3. The molecule has 112 valence electrons. The molecule has 1 N–H and O–H groups in total. The van der Waals surface area contributed by atoms with Gasteiger partial charge in [0.1, 0.15) is 5.75 Å². The Morgan fingerprint density at radius 3 is 2.55 bits per heavy atom. The van der Waals surface area contributed by atoms with Crippen LogP contribution in [0.5, 0.6) is 5.75 Å². The fourth-order valence-electron chi connectivity index (χ4n) is 1.85. The van der Waals surface area contributed by atoms with E-state index in [4.69, 9.17) is 9.47 Å². The number of ether oxygens (including phenoxy) is 2. The van der Waals surface area contributed by atoms with Gasteiger partial charge in [0, 0.05) is 12.8 Å².